The van der Waals surface area contributed by atoms with Gasteiger partial charge in [-0.3, -0.25) is 9.59 Å². The van der Waals surface area contributed by atoms with Crippen molar-refractivity contribution in [3.8, 4) is 0 Å². The van der Waals surface area contributed by atoms with Crippen molar-refractivity contribution in [2.45, 2.75) is 50.0 Å². The largest absolute Gasteiger partial charge is 0.480 e. The number of nitrogens with one attached hydrogen (secondary N) is 2. The van der Waals surface area contributed by atoms with Gasteiger partial charge in [0.15, 0.2) is 6.23 Å². The number of carbonyl (C=O) groups excluding carboxylic acids is 1. The summed E-state index contributed by atoms with van der Waals surface area (Å²) in [6.45, 7) is 0.768. The van der Waals surface area contributed by atoms with Crippen LogP contribution in [0.3, 0.4) is 0 Å². The maximum atomic E-state index is 11.4. The summed E-state index contributed by atoms with van der Waals surface area (Å²) in [5.74, 6) is -1.50. The average Bonchev–Trinajstić information content (AvgIpc) is 2.62. The lowest BCUT2D eigenvalue weighted by Gasteiger charge is -2.43. The number of nitrogens with two attached hydrogens (primary N) is 1. The highest BCUT2D eigenvalue weighted by Crippen LogP contribution is 2.23. The Kier molecular flexibility index (Phi) is 7.11. The van der Waals surface area contributed by atoms with Crippen LogP contribution in [0.15, 0.2) is 24.3 Å². The number of anilines is 1. The number of ether oxygens (including phenoxy) is 1. The molecule has 0 aromatic heterocycles. The van der Waals surface area contributed by atoms with Crippen LogP contribution >= 0.6 is 0 Å². The predicted molar refractivity (Wildman–Crippen MR) is 94.7 cm³/mol. The summed E-state index contributed by atoms with van der Waals surface area (Å²) >= 11 is 0. The molecule has 0 bridgehead atoms. The van der Waals surface area contributed by atoms with Crippen molar-refractivity contribution in [3.63, 3.8) is 0 Å². The summed E-state index contributed by atoms with van der Waals surface area (Å²) in [5, 5.41) is 44.0. The second-order valence-electron chi connectivity index (χ2n) is 6.48. The number of aliphatic hydroxyl groups is 3. The highest BCUT2D eigenvalue weighted by molar-refractivity contribution is 5.74. The van der Waals surface area contributed by atoms with Crippen molar-refractivity contribution in [1.82, 2.24) is 5.32 Å². The molecule has 10 nitrogen and oxygen atoms in total. The van der Waals surface area contributed by atoms with Gasteiger partial charge in [-0.2, -0.15) is 0 Å². The monoisotopic (exact) mass is 383 g/mol. The third kappa shape index (κ3) is 5.37. The number of carbonyl (C=O) groups is 2. The van der Waals surface area contributed by atoms with Crippen molar-refractivity contribution in [2.24, 2.45) is 5.73 Å². The van der Waals surface area contributed by atoms with Gasteiger partial charge in [-0.15, -0.1) is 0 Å². The molecular weight excluding hydrogens is 358 g/mol. The van der Waals surface area contributed by atoms with E-state index in [9.17, 15) is 24.9 Å². The van der Waals surface area contributed by atoms with Gasteiger partial charge < -0.3 is 41.5 Å². The maximum absolute atomic E-state index is 11.4. The molecule has 1 aromatic rings. The van der Waals surface area contributed by atoms with Gasteiger partial charge >= 0.3 is 5.97 Å². The third-order valence-corrected chi connectivity index (χ3v) is 4.33. The van der Waals surface area contributed by atoms with Gasteiger partial charge in [-0.05, 0) is 24.1 Å². The molecule has 1 aromatic carbocycles. The number of benzene rings is 1. The fraction of sp³-hybridized carbons (Fsp3) is 0.529. The summed E-state index contributed by atoms with van der Waals surface area (Å²) < 4.78 is 5.58. The van der Waals surface area contributed by atoms with E-state index in [1.165, 1.54) is 6.92 Å². The van der Waals surface area contributed by atoms with E-state index in [1.54, 1.807) is 24.3 Å². The Morgan fingerprint density at radius 3 is 2.37 bits per heavy atom. The molecule has 1 heterocycles. The fourth-order valence-corrected chi connectivity index (χ4v) is 2.88. The van der Waals surface area contributed by atoms with E-state index in [0.717, 1.165) is 5.56 Å². The first-order valence-corrected chi connectivity index (χ1v) is 8.46. The molecule has 150 valence electrons. The van der Waals surface area contributed by atoms with Gasteiger partial charge in [0.2, 0.25) is 5.91 Å². The molecule has 0 unspecified atom stereocenters. The van der Waals surface area contributed by atoms with E-state index in [0.29, 0.717) is 5.69 Å². The second-order valence-corrected chi connectivity index (χ2v) is 6.48. The first-order valence-electron chi connectivity index (χ1n) is 8.46. The molecule has 1 aliphatic rings. The smallest absolute Gasteiger partial charge is 0.320 e. The summed E-state index contributed by atoms with van der Waals surface area (Å²) in [6, 6.07) is 4.77. The molecule has 0 aliphatic carbocycles. The first kappa shape index (κ1) is 21.1. The van der Waals surface area contributed by atoms with Crippen LogP contribution in [-0.4, -0.2) is 75.5 Å². The summed E-state index contributed by atoms with van der Waals surface area (Å²) in [4.78, 5) is 22.2. The average molecular weight is 383 g/mol. The Morgan fingerprint density at radius 1 is 1.22 bits per heavy atom. The van der Waals surface area contributed by atoms with Crippen LogP contribution in [0.25, 0.3) is 0 Å². The molecule has 1 saturated heterocycles. The van der Waals surface area contributed by atoms with Crippen molar-refractivity contribution >= 4 is 17.6 Å². The molecule has 6 atom stereocenters. The fourth-order valence-electron chi connectivity index (χ4n) is 2.88. The molecule has 0 radical (unpaired) electrons. The minimum absolute atomic E-state index is 0.168. The minimum atomic E-state index is -1.36. The number of hydrogen-bond acceptors (Lipinski definition) is 8. The molecular formula is C17H25N3O7. The highest BCUT2D eigenvalue weighted by Gasteiger charge is 2.44. The molecule has 0 saturated carbocycles. The number of rotatable bonds is 7. The topological polar surface area (TPSA) is 174 Å². The number of carboxylic acid groups (broad SMARTS) is 1. The van der Waals surface area contributed by atoms with E-state index >= 15 is 0 Å². The molecule has 2 rings (SSSR count). The normalized spacial score (nSPS) is 29.0. The quantitative estimate of drug-likeness (QED) is 0.281. The summed E-state index contributed by atoms with van der Waals surface area (Å²) in [7, 11) is 0. The Labute approximate surface area is 155 Å². The highest BCUT2D eigenvalue weighted by atomic mass is 16.5. The standard InChI is InChI=1S/C17H25N3O7/c1-8(22)19-13-15(24)14(23)12(7-21)27-16(13)20-10-4-2-9(3-5-10)6-11(18)17(25)26/h2-5,11-16,20-21,23-24H,6-7,18H2,1H3,(H,19,22)(H,25,26)/t11-,12+,13+,14-,15+,16+/m0/s1. The molecule has 0 spiro atoms. The maximum Gasteiger partial charge on any atom is 0.320 e. The van der Waals surface area contributed by atoms with Gasteiger partial charge in [-0.1, -0.05) is 12.1 Å². The van der Waals surface area contributed by atoms with Gasteiger partial charge in [0.1, 0.15) is 30.4 Å². The zero-order chi connectivity index (χ0) is 20.1. The van der Waals surface area contributed by atoms with Crippen LogP contribution in [0, 0.1) is 0 Å². The number of amides is 1. The zero-order valence-corrected chi connectivity index (χ0v) is 14.8. The van der Waals surface area contributed by atoms with E-state index in [1.807, 2.05) is 0 Å². The summed E-state index contributed by atoms with van der Waals surface area (Å²) in [5.41, 5.74) is 6.81. The number of aliphatic carboxylic acids is 1. The van der Waals surface area contributed by atoms with Crippen LogP contribution in [0.5, 0.6) is 0 Å². The second kappa shape index (κ2) is 9.11. The molecule has 27 heavy (non-hydrogen) atoms. The number of aliphatic hydroxyl groups excluding tert-OH is 3. The van der Waals surface area contributed by atoms with E-state index < -0.39 is 55.1 Å². The van der Waals surface area contributed by atoms with Crippen molar-refractivity contribution < 1.29 is 34.8 Å². The van der Waals surface area contributed by atoms with Crippen molar-refractivity contribution in [1.29, 1.82) is 0 Å². The molecule has 1 fully saturated rings. The van der Waals surface area contributed by atoms with E-state index in [-0.39, 0.29) is 6.42 Å². The van der Waals surface area contributed by atoms with Gasteiger partial charge in [-0.25, -0.2) is 0 Å². The lowest BCUT2D eigenvalue weighted by Crippen LogP contribution is -2.65. The Bertz CT molecular complexity index is 654. The zero-order valence-electron chi connectivity index (χ0n) is 14.8. The third-order valence-electron chi connectivity index (χ3n) is 4.33. The first-order chi connectivity index (χ1) is 12.7. The molecule has 8 N–H and O–H groups in total. The predicted octanol–water partition coefficient (Wildman–Crippen LogP) is -2.00. The number of carboxylic acids is 1. The van der Waals surface area contributed by atoms with Crippen LogP contribution in [-0.2, 0) is 20.7 Å². The van der Waals surface area contributed by atoms with Crippen LogP contribution in [0.4, 0.5) is 5.69 Å². The van der Waals surface area contributed by atoms with Gasteiger partial charge in [0, 0.05) is 12.6 Å². The summed E-state index contributed by atoms with van der Waals surface area (Å²) in [6.07, 6.45) is -4.46. The van der Waals surface area contributed by atoms with Crippen molar-refractivity contribution in [2.75, 3.05) is 11.9 Å². The SMILES string of the molecule is CC(=O)N[C@@H]1[C@@H](O)[C@@H](O)[C@@H](CO)O[C@H]1Nc1ccc(C[C@H](N)C(=O)O)cc1. The Balaban J connectivity index is 2.11. The van der Waals surface area contributed by atoms with Crippen LogP contribution in [0.2, 0.25) is 0 Å². The lowest BCUT2D eigenvalue weighted by atomic mass is 9.95. The van der Waals surface area contributed by atoms with Crippen molar-refractivity contribution in [3.05, 3.63) is 29.8 Å². The van der Waals surface area contributed by atoms with Gasteiger partial charge in [0.25, 0.3) is 0 Å². The van der Waals surface area contributed by atoms with Crippen LogP contribution < -0.4 is 16.4 Å². The lowest BCUT2D eigenvalue weighted by molar-refractivity contribution is -0.188. The minimum Gasteiger partial charge on any atom is -0.480 e. The molecule has 10 heteroatoms. The Hall–Kier alpha value is -2.24. The number of hydrogen-bond donors (Lipinski definition) is 7. The van der Waals surface area contributed by atoms with E-state index in [2.05, 4.69) is 10.6 Å². The van der Waals surface area contributed by atoms with Crippen LogP contribution in [0.1, 0.15) is 12.5 Å². The Morgan fingerprint density at radius 2 is 1.85 bits per heavy atom. The molecule has 1 amide bonds. The molecule has 1 aliphatic heterocycles. The van der Waals surface area contributed by atoms with E-state index in [4.69, 9.17) is 15.6 Å². The van der Waals surface area contributed by atoms with Gasteiger partial charge in [0.05, 0.1) is 6.61 Å².